The lowest BCUT2D eigenvalue weighted by Gasteiger charge is -2.37. The third-order valence-electron chi connectivity index (χ3n) is 6.68. The van der Waals surface area contributed by atoms with E-state index in [-0.39, 0.29) is 58.2 Å². The van der Waals surface area contributed by atoms with Crippen LogP contribution < -0.4 is 9.47 Å². The van der Waals surface area contributed by atoms with Gasteiger partial charge >= 0.3 is 5.69 Å². The molecule has 0 aromatic heterocycles. The molecule has 0 spiro atoms. The third kappa shape index (κ3) is 2.43. The zero-order valence-electron chi connectivity index (χ0n) is 15.8. The fraction of sp³-hybridized carbons (Fsp3) is 0.450. The molecule has 1 heterocycles. The Hall–Kier alpha value is -3.23. The zero-order valence-corrected chi connectivity index (χ0v) is 15.8. The lowest BCUT2D eigenvalue weighted by Crippen LogP contribution is -2.40. The number of nitro benzene ring substituents is 1. The maximum absolute atomic E-state index is 13.0. The number of amides is 2. The van der Waals surface area contributed by atoms with Gasteiger partial charge in [0, 0.05) is 17.7 Å². The molecule has 3 fully saturated rings. The number of hydrogen-bond acceptors (Lipinski definition) is 7. The SMILES string of the molecule is COc1cc(OC)c([N+](=O)[O-])cc1/C=N\N1C(=O)[C@@H]2[C@@H]3C=C[C@H]([C@@H]4C[C@H]34)[C@@H]2C1=O. The van der Waals surface area contributed by atoms with E-state index in [1.807, 2.05) is 0 Å². The van der Waals surface area contributed by atoms with Gasteiger partial charge in [-0.3, -0.25) is 19.7 Å². The van der Waals surface area contributed by atoms with Gasteiger partial charge in [-0.15, -0.1) is 0 Å². The second-order valence-corrected chi connectivity index (χ2v) is 7.91. The highest BCUT2D eigenvalue weighted by Crippen LogP contribution is 2.65. The van der Waals surface area contributed by atoms with Crippen molar-refractivity contribution in [2.45, 2.75) is 6.42 Å². The number of allylic oxidation sites excluding steroid dienone is 2. The average Bonchev–Trinajstić information content (AvgIpc) is 3.50. The lowest BCUT2D eigenvalue weighted by atomic mass is 9.63. The van der Waals surface area contributed by atoms with Crippen LogP contribution in [0.4, 0.5) is 5.69 Å². The minimum Gasteiger partial charge on any atom is -0.496 e. The van der Waals surface area contributed by atoms with Gasteiger partial charge in [0.1, 0.15) is 5.75 Å². The summed E-state index contributed by atoms with van der Waals surface area (Å²) < 4.78 is 10.3. The number of rotatable bonds is 5. The Morgan fingerprint density at radius 1 is 1.07 bits per heavy atom. The molecule has 6 rings (SSSR count). The molecule has 9 heteroatoms. The smallest absolute Gasteiger partial charge is 0.311 e. The fourth-order valence-electron chi connectivity index (χ4n) is 5.32. The molecule has 2 saturated carbocycles. The summed E-state index contributed by atoms with van der Waals surface area (Å²) in [5.74, 6) is 0.321. The molecule has 2 bridgehead atoms. The van der Waals surface area contributed by atoms with Crippen LogP contribution in [-0.4, -0.2) is 42.2 Å². The standard InChI is InChI=1S/C20H19N3O6/c1-28-15-7-16(29-2)14(23(26)27)5-9(15)8-21-22-19(24)17-10-3-4-11(13-6-12(10)13)18(17)20(22)25/h3-5,7-8,10-13,17-18H,6H2,1-2H3/b21-8-/t10-,11-,12-,13+,17-,18+/m1/s1. The molecule has 1 aliphatic heterocycles. The first-order valence-electron chi connectivity index (χ1n) is 9.46. The van der Waals surface area contributed by atoms with E-state index in [1.165, 1.54) is 32.6 Å². The summed E-state index contributed by atoms with van der Waals surface area (Å²) in [6.45, 7) is 0. The molecule has 0 radical (unpaired) electrons. The van der Waals surface area contributed by atoms with Crippen molar-refractivity contribution in [3.8, 4) is 11.5 Å². The van der Waals surface area contributed by atoms with Gasteiger partial charge in [0.25, 0.3) is 11.8 Å². The molecule has 0 unspecified atom stereocenters. The Bertz CT molecular complexity index is 966. The fourth-order valence-corrected chi connectivity index (χ4v) is 5.32. The molecule has 150 valence electrons. The minimum absolute atomic E-state index is 0.0465. The number of nitrogens with zero attached hydrogens (tertiary/aromatic N) is 3. The number of hydrogen-bond donors (Lipinski definition) is 0. The lowest BCUT2D eigenvalue weighted by molar-refractivity contribution is -0.385. The number of carbonyl (C=O) groups excluding carboxylic acids is 2. The highest BCUT2D eigenvalue weighted by molar-refractivity contribution is 6.06. The van der Waals surface area contributed by atoms with Gasteiger partial charge in [-0.05, 0) is 30.1 Å². The maximum atomic E-state index is 13.0. The van der Waals surface area contributed by atoms with Crippen LogP contribution in [0.2, 0.25) is 0 Å². The van der Waals surface area contributed by atoms with E-state index < -0.39 is 4.92 Å². The molecular weight excluding hydrogens is 378 g/mol. The number of ether oxygens (including phenoxy) is 2. The van der Waals surface area contributed by atoms with Gasteiger partial charge < -0.3 is 9.47 Å². The average molecular weight is 397 g/mol. The molecule has 1 aromatic rings. The molecule has 4 aliphatic carbocycles. The van der Waals surface area contributed by atoms with Crippen LogP contribution in [0, 0.1) is 45.6 Å². The minimum atomic E-state index is -0.577. The van der Waals surface area contributed by atoms with Gasteiger partial charge in [-0.25, -0.2) is 0 Å². The summed E-state index contributed by atoms with van der Waals surface area (Å²) in [5, 5.41) is 16.3. The first-order valence-corrected chi connectivity index (χ1v) is 9.46. The van der Waals surface area contributed by atoms with Crippen molar-refractivity contribution >= 4 is 23.7 Å². The summed E-state index contributed by atoms with van der Waals surface area (Å²) in [5.41, 5.74) is 0.0178. The molecule has 1 aromatic carbocycles. The van der Waals surface area contributed by atoms with Gasteiger partial charge in [0.15, 0.2) is 0 Å². The molecule has 5 aliphatic rings. The molecule has 2 amide bonds. The van der Waals surface area contributed by atoms with E-state index in [4.69, 9.17) is 9.47 Å². The van der Waals surface area contributed by atoms with Crippen molar-refractivity contribution in [1.29, 1.82) is 0 Å². The normalized spacial score (nSPS) is 33.8. The van der Waals surface area contributed by atoms with Crippen LogP contribution >= 0.6 is 0 Å². The largest absolute Gasteiger partial charge is 0.496 e. The number of methoxy groups -OCH3 is 2. The number of nitro groups is 1. The maximum Gasteiger partial charge on any atom is 0.311 e. The Labute approximate surface area is 166 Å². The van der Waals surface area contributed by atoms with Crippen molar-refractivity contribution < 1.29 is 24.0 Å². The summed E-state index contributed by atoms with van der Waals surface area (Å²) in [6.07, 6.45) is 6.53. The Morgan fingerprint density at radius 3 is 2.17 bits per heavy atom. The van der Waals surface area contributed by atoms with Crippen LogP contribution in [0.5, 0.6) is 11.5 Å². The number of carbonyl (C=O) groups is 2. The van der Waals surface area contributed by atoms with Crippen molar-refractivity contribution in [2.24, 2.45) is 40.6 Å². The number of hydrazone groups is 1. The first kappa shape index (κ1) is 17.8. The molecule has 0 N–H and O–H groups in total. The summed E-state index contributed by atoms with van der Waals surface area (Å²) in [7, 11) is 2.74. The van der Waals surface area contributed by atoms with Gasteiger partial charge in [0.2, 0.25) is 5.75 Å². The van der Waals surface area contributed by atoms with Gasteiger partial charge in [-0.2, -0.15) is 10.1 Å². The van der Waals surface area contributed by atoms with Crippen LogP contribution in [0.25, 0.3) is 0 Å². The Balaban J connectivity index is 1.47. The monoisotopic (exact) mass is 397 g/mol. The predicted octanol–water partition coefficient (Wildman–Crippen LogP) is 2.00. The Morgan fingerprint density at radius 2 is 1.66 bits per heavy atom. The highest BCUT2D eigenvalue weighted by atomic mass is 16.6. The van der Waals surface area contributed by atoms with Crippen LogP contribution in [-0.2, 0) is 9.59 Å². The topological polar surface area (TPSA) is 111 Å². The van der Waals surface area contributed by atoms with E-state index in [0.717, 1.165) is 11.4 Å². The zero-order chi connectivity index (χ0) is 20.4. The van der Waals surface area contributed by atoms with E-state index in [1.54, 1.807) is 0 Å². The predicted molar refractivity (Wildman–Crippen MR) is 100 cm³/mol. The van der Waals surface area contributed by atoms with E-state index >= 15 is 0 Å². The molecule has 9 nitrogen and oxygen atoms in total. The van der Waals surface area contributed by atoms with Crippen molar-refractivity contribution in [3.05, 3.63) is 40.0 Å². The summed E-state index contributed by atoms with van der Waals surface area (Å²) >= 11 is 0. The van der Waals surface area contributed by atoms with Crippen LogP contribution in [0.3, 0.4) is 0 Å². The first-order chi connectivity index (χ1) is 14.0. The number of benzene rings is 1. The van der Waals surface area contributed by atoms with Gasteiger partial charge in [0.05, 0.1) is 37.2 Å². The summed E-state index contributed by atoms with van der Waals surface area (Å²) in [6, 6.07) is 2.63. The second kappa shape index (κ2) is 6.13. The van der Waals surface area contributed by atoms with Crippen molar-refractivity contribution in [1.82, 2.24) is 5.01 Å². The molecular formula is C20H19N3O6. The van der Waals surface area contributed by atoms with E-state index in [2.05, 4.69) is 17.3 Å². The van der Waals surface area contributed by atoms with Gasteiger partial charge in [-0.1, -0.05) is 12.2 Å². The quantitative estimate of drug-likeness (QED) is 0.247. The summed E-state index contributed by atoms with van der Waals surface area (Å²) in [4.78, 5) is 36.6. The van der Waals surface area contributed by atoms with Crippen LogP contribution in [0.15, 0.2) is 29.4 Å². The highest BCUT2D eigenvalue weighted by Gasteiger charge is 2.67. The van der Waals surface area contributed by atoms with Crippen molar-refractivity contribution in [2.75, 3.05) is 14.2 Å². The third-order valence-corrected chi connectivity index (χ3v) is 6.68. The number of imide groups is 1. The molecule has 6 atom stereocenters. The van der Waals surface area contributed by atoms with E-state index in [9.17, 15) is 19.7 Å². The molecule has 1 saturated heterocycles. The van der Waals surface area contributed by atoms with Crippen molar-refractivity contribution in [3.63, 3.8) is 0 Å². The van der Waals surface area contributed by atoms with E-state index in [0.29, 0.717) is 11.8 Å². The van der Waals surface area contributed by atoms with Crippen LogP contribution in [0.1, 0.15) is 12.0 Å². The second-order valence-electron chi connectivity index (χ2n) is 7.91. The Kier molecular flexibility index (Phi) is 3.77. The molecule has 29 heavy (non-hydrogen) atoms.